The Bertz CT molecular complexity index is 475. The van der Waals surface area contributed by atoms with Crippen molar-refractivity contribution in [2.75, 3.05) is 14.1 Å². The van der Waals surface area contributed by atoms with E-state index in [2.05, 4.69) is 39.0 Å². The van der Waals surface area contributed by atoms with Gasteiger partial charge in [-0.2, -0.15) is 0 Å². The van der Waals surface area contributed by atoms with Crippen molar-refractivity contribution >= 4 is 5.78 Å². The molecule has 2 nitrogen and oxygen atoms in total. The number of hydrogen-bond donors (Lipinski definition) is 0. The van der Waals surface area contributed by atoms with Crippen LogP contribution in [0.4, 0.5) is 0 Å². The molecule has 0 heterocycles. The van der Waals surface area contributed by atoms with Gasteiger partial charge in [0.15, 0.2) is 5.78 Å². The minimum Gasteiger partial charge on any atom is -0.298 e. The summed E-state index contributed by atoms with van der Waals surface area (Å²) in [5, 5.41) is 0. The van der Waals surface area contributed by atoms with E-state index in [4.69, 9.17) is 0 Å². The van der Waals surface area contributed by atoms with Crippen LogP contribution in [-0.2, 0) is 4.79 Å². The number of ketones is 1. The number of carbonyl (C=O) groups is 1. The van der Waals surface area contributed by atoms with Crippen LogP contribution in [0.3, 0.4) is 0 Å². The molecule has 144 valence electrons. The third-order valence-electron chi connectivity index (χ3n) is 4.98. The Morgan fingerprint density at radius 3 is 1.92 bits per heavy atom. The number of Topliss-reactive ketones (excluding diaryl/α,β-unsaturated/α-hetero) is 1. The van der Waals surface area contributed by atoms with E-state index in [1.54, 1.807) is 6.92 Å². The summed E-state index contributed by atoms with van der Waals surface area (Å²) in [6, 6.07) is 8.16. The molecule has 0 radical (unpaired) electrons. The summed E-state index contributed by atoms with van der Waals surface area (Å²) < 4.78 is 0. The van der Waals surface area contributed by atoms with Crippen LogP contribution in [0.5, 0.6) is 0 Å². The fraction of sp³-hybridized carbons (Fsp3) is 0.696. The van der Waals surface area contributed by atoms with Crippen LogP contribution in [0.25, 0.3) is 0 Å². The highest BCUT2D eigenvalue weighted by Gasteiger charge is 2.23. The first kappa shape index (κ1) is 23.9. The summed E-state index contributed by atoms with van der Waals surface area (Å²) in [6.07, 6.45) is 7.04. The number of hydrogen-bond acceptors (Lipinski definition) is 2. The van der Waals surface area contributed by atoms with Gasteiger partial charge in [0.05, 0.1) is 6.04 Å². The fourth-order valence-corrected chi connectivity index (χ4v) is 3.42. The molecule has 1 saturated carbocycles. The maximum Gasteiger partial charge on any atom is 0.151 e. The summed E-state index contributed by atoms with van der Waals surface area (Å²) in [6.45, 7) is 12.4. The van der Waals surface area contributed by atoms with Gasteiger partial charge in [-0.1, -0.05) is 84.6 Å². The van der Waals surface area contributed by atoms with Crippen molar-refractivity contribution in [3.63, 3.8) is 0 Å². The summed E-state index contributed by atoms with van der Waals surface area (Å²) in [5.74, 6) is 1.74. The smallest absolute Gasteiger partial charge is 0.151 e. The normalized spacial score (nSPS) is 16.4. The Kier molecular flexibility index (Phi) is 12.5. The predicted molar refractivity (Wildman–Crippen MR) is 111 cm³/mol. The van der Waals surface area contributed by atoms with E-state index in [9.17, 15) is 4.79 Å². The van der Waals surface area contributed by atoms with Crippen molar-refractivity contribution in [2.24, 2.45) is 5.92 Å². The number of rotatable bonds is 5. The second-order valence-corrected chi connectivity index (χ2v) is 7.30. The largest absolute Gasteiger partial charge is 0.298 e. The summed E-state index contributed by atoms with van der Waals surface area (Å²) in [4.78, 5) is 13.8. The van der Waals surface area contributed by atoms with Crippen molar-refractivity contribution in [2.45, 2.75) is 85.6 Å². The van der Waals surface area contributed by atoms with Gasteiger partial charge in [0.1, 0.15) is 0 Å². The molecule has 0 spiro atoms. The molecule has 1 aliphatic rings. The number of benzene rings is 1. The quantitative estimate of drug-likeness (QED) is 0.597. The van der Waals surface area contributed by atoms with Crippen molar-refractivity contribution < 1.29 is 4.79 Å². The summed E-state index contributed by atoms with van der Waals surface area (Å²) in [5.41, 5.74) is 2.45. The molecule has 2 heteroatoms. The Morgan fingerprint density at radius 2 is 1.60 bits per heavy atom. The molecule has 1 aliphatic carbocycles. The fourth-order valence-electron chi connectivity index (χ4n) is 3.42. The van der Waals surface area contributed by atoms with Gasteiger partial charge >= 0.3 is 0 Å². The Labute approximate surface area is 157 Å². The number of carbonyl (C=O) groups excluding carboxylic acids is 1. The minimum atomic E-state index is -0.125. The molecule has 1 fully saturated rings. The van der Waals surface area contributed by atoms with Crippen molar-refractivity contribution in [3.8, 4) is 0 Å². The van der Waals surface area contributed by atoms with Gasteiger partial charge in [0.2, 0.25) is 0 Å². The van der Waals surface area contributed by atoms with Gasteiger partial charge in [-0.05, 0) is 50.4 Å². The van der Waals surface area contributed by atoms with Crippen molar-refractivity contribution in [1.29, 1.82) is 0 Å². The van der Waals surface area contributed by atoms with Crippen LogP contribution >= 0.6 is 0 Å². The second kappa shape index (κ2) is 13.1. The Balaban J connectivity index is 0.000000596. The van der Waals surface area contributed by atoms with E-state index in [0.717, 1.165) is 17.9 Å². The lowest BCUT2D eigenvalue weighted by Gasteiger charge is -2.26. The van der Waals surface area contributed by atoms with Crippen LogP contribution < -0.4 is 0 Å². The highest BCUT2D eigenvalue weighted by molar-refractivity contribution is 5.83. The second-order valence-electron chi connectivity index (χ2n) is 7.30. The molecule has 1 aromatic carbocycles. The molecule has 0 saturated heterocycles. The topological polar surface area (TPSA) is 20.3 Å². The molecule has 0 bridgehead atoms. The third kappa shape index (κ3) is 8.18. The van der Waals surface area contributed by atoms with Gasteiger partial charge in [0.25, 0.3) is 0 Å². The zero-order valence-electron chi connectivity index (χ0n) is 17.9. The van der Waals surface area contributed by atoms with E-state index in [-0.39, 0.29) is 11.8 Å². The first-order chi connectivity index (χ1) is 11.9. The molecule has 1 aromatic rings. The zero-order chi connectivity index (χ0) is 19.4. The lowest BCUT2D eigenvalue weighted by molar-refractivity contribution is -0.121. The maximum absolute atomic E-state index is 11.8. The van der Waals surface area contributed by atoms with Crippen molar-refractivity contribution in [1.82, 2.24) is 4.90 Å². The lowest BCUT2D eigenvalue weighted by Crippen LogP contribution is -2.27. The van der Waals surface area contributed by atoms with Gasteiger partial charge < -0.3 is 0 Å². The molecule has 0 aliphatic heterocycles. The zero-order valence-corrected chi connectivity index (χ0v) is 17.9. The SMILES string of the molecule is CC.CC1CCCC1.CCC(C)c1ccccc1C(C(C)=O)N(C)C. The molecule has 0 N–H and O–H groups in total. The van der Waals surface area contributed by atoms with E-state index >= 15 is 0 Å². The standard InChI is InChI=1S/C15H23NO.C6H12.C2H6/c1-6-11(2)13-9-7-8-10-14(13)15(12(3)17)16(4)5;1-6-4-2-3-5-6;1-2/h7-11,15H,6H2,1-5H3;6H,2-5H2,1H3;1-2H3. The lowest BCUT2D eigenvalue weighted by atomic mass is 9.88. The Hall–Kier alpha value is -1.15. The first-order valence-electron chi connectivity index (χ1n) is 10.1. The highest BCUT2D eigenvalue weighted by atomic mass is 16.1. The summed E-state index contributed by atoms with van der Waals surface area (Å²) >= 11 is 0. The van der Waals surface area contributed by atoms with Gasteiger partial charge in [-0.3, -0.25) is 9.69 Å². The van der Waals surface area contributed by atoms with Crippen LogP contribution in [-0.4, -0.2) is 24.8 Å². The predicted octanol–water partition coefficient (Wildman–Crippen LogP) is 6.61. The molecular formula is C23H41NO. The van der Waals surface area contributed by atoms with Crippen LogP contribution in [0.2, 0.25) is 0 Å². The van der Waals surface area contributed by atoms with Crippen LogP contribution in [0.15, 0.2) is 24.3 Å². The van der Waals surface area contributed by atoms with E-state index in [1.807, 2.05) is 38.9 Å². The third-order valence-corrected chi connectivity index (χ3v) is 4.98. The van der Waals surface area contributed by atoms with Gasteiger partial charge in [-0.15, -0.1) is 0 Å². The first-order valence-corrected chi connectivity index (χ1v) is 10.1. The van der Waals surface area contributed by atoms with Crippen molar-refractivity contribution in [3.05, 3.63) is 35.4 Å². The van der Waals surface area contributed by atoms with Crippen LogP contribution in [0, 0.1) is 5.92 Å². The maximum atomic E-state index is 11.8. The molecule has 25 heavy (non-hydrogen) atoms. The molecule has 2 rings (SSSR count). The van der Waals surface area contributed by atoms with Crippen LogP contribution in [0.1, 0.15) is 96.7 Å². The Morgan fingerprint density at radius 1 is 1.12 bits per heavy atom. The average Bonchev–Trinajstić information content (AvgIpc) is 3.07. The molecule has 0 amide bonds. The molecule has 2 atom stereocenters. The monoisotopic (exact) mass is 347 g/mol. The highest BCUT2D eigenvalue weighted by Crippen LogP contribution is 2.29. The van der Waals surface area contributed by atoms with E-state index < -0.39 is 0 Å². The van der Waals surface area contributed by atoms with E-state index in [1.165, 1.54) is 31.2 Å². The molecule has 2 unspecified atom stereocenters. The minimum absolute atomic E-state index is 0.125. The van der Waals surface area contributed by atoms with E-state index in [0.29, 0.717) is 5.92 Å². The number of nitrogens with zero attached hydrogens (tertiary/aromatic N) is 1. The van der Waals surface area contributed by atoms with Gasteiger partial charge in [0, 0.05) is 0 Å². The average molecular weight is 348 g/mol. The molecule has 0 aromatic heterocycles. The van der Waals surface area contributed by atoms with Gasteiger partial charge in [-0.25, -0.2) is 0 Å². The number of likely N-dealkylation sites (N-methyl/N-ethyl adjacent to an activating group) is 1. The summed E-state index contributed by atoms with van der Waals surface area (Å²) in [7, 11) is 3.92. The molecular weight excluding hydrogens is 306 g/mol.